The minimum absolute atomic E-state index is 0.794. The number of hydrogen-bond acceptors (Lipinski definition) is 4. The molecule has 4 atom stereocenters. The van der Waals surface area contributed by atoms with Gasteiger partial charge < -0.3 is 21.3 Å². The SMILES string of the molecule is C1CN[C@@H]2CCCN[C@H]2C1.C1CN[C@@H]2CCCN[C@H]2C1. The number of nitrogens with one attached hydrogen (secondary N) is 4. The molecule has 4 N–H and O–H groups in total. The summed E-state index contributed by atoms with van der Waals surface area (Å²) >= 11 is 0. The molecule has 0 bridgehead atoms. The van der Waals surface area contributed by atoms with E-state index in [2.05, 4.69) is 21.3 Å². The Hall–Kier alpha value is -0.160. The molecule has 0 radical (unpaired) electrons. The molecule has 0 aromatic rings. The maximum absolute atomic E-state index is 3.56. The van der Waals surface area contributed by atoms with E-state index in [0.717, 1.165) is 24.2 Å². The van der Waals surface area contributed by atoms with Crippen molar-refractivity contribution in [1.29, 1.82) is 0 Å². The predicted molar refractivity (Wildman–Crippen MR) is 84.1 cm³/mol. The third-order valence-electron chi connectivity index (χ3n) is 5.37. The first kappa shape index (κ1) is 14.8. The van der Waals surface area contributed by atoms with Crippen molar-refractivity contribution in [2.45, 2.75) is 75.5 Å². The van der Waals surface area contributed by atoms with Crippen LogP contribution in [0.25, 0.3) is 0 Å². The van der Waals surface area contributed by atoms with E-state index in [1.807, 2.05) is 0 Å². The summed E-state index contributed by atoms with van der Waals surface area (Å²) in [4.78, 5) is 0. The molecular formula is C16H32N4. The van der Waals surface area contributed by atoms with Crippen molar-refractivity contribution in [1.82, 2.24) is 21.3 Å². The Morgan fingerprint density at radius 1 is 0.400 bits per heavy atom. The molecular weight excluding hydrogens is 248 g/mol. The summed E-state index contributed by atoms with van der Waals surface area (Å²) in [6.45, 7) is 4.96. The first-order chi connectivity index (χ1) is 9.93. The molecule has 0 aromatic heterocycles. The Balaban J connectivity index is 0.000000121. The van der Waals surface area contributed by atoms with E-state index < -0.39 is 0 Å². The number of fused-ring (bicyclic) bond motifs is 2. The van der Waals surface area contributed by atoms with Gasteiger partial charge in [0.15, 0.2) is 0 Å². The van der Waals surface area contributed by atoms with Gasteiger partial charge in [0.05, 0.1) is 0 Å². The van der Waals surface area contributed by atoms with E-state index in [1.54, 1.807) is 0 Å². The lowest BCUT2D eigenvalue weighted by Gasteiger charge is -2.37. The van der Waals surface area contributed by atoms with Gasteiger partial charge in [-0.1, -0.05) is 0 Å². The largest absolute Gasteiger partial charge is 0.312 e. The molecule has 20 heavy (non-hydrogen) atoms. The number of piperidine rings is 4. The van der Waals surface area contributed by atoms with Crippen molar-refractivity contribution in [3.63, 3.8) is 0 Å². The van der Waals surface area contributed by atoms with Gasteiger partial charge in [0.1, 0.15) is 0 Å². The highest BCUT2D eigenvalue weighted by molar-refractivity contribution is 4.90. The quantitative estimate of drug-likeness (QED) is 0.534. The van der Waals surface area contributed by atoms with Crippen LogP contribution in [0.15, 0.2) is 0 Å². The summed E-state index contributed by atoms with van der Waals surface area (Å²) in [6, 6.07) is 3.18. The molecule has 116 valence electrons. The summed E-state index contributed by atoms with van der Waals surface area (Å²) in [7, 11) is 0. The molecule has 4 rings (SSSR count). The lowest BCUT2D eigenvalue weighted by molar-refractivity contribution is 0.251. The molecule has 4 aliphatic rings. The summed E-state index contributed by atoms with van der Waals surface area (Å²) in [6.07, 6.45) is 11.0. The summed E-state index contributed by atoms with van der Waals surface area (Å²) in [5.41, 5.74) is 0. The third kappa shape index (κ3) is 3.94. The Bertz CT molecular complexity index is 204. The van der Waals surface area contributed by atoms with E-state index in [0.29, 0.717) is 0 Å². The van der Waals surface area contributed by atoms with Crippen LogP contribution in [0.3, 0.4) is 0 Å². The Labute approximate surface area is 123 Å². The van der Waals surface area contributed by atoms with Crippen LogP contribution in [0.2, 0.25) is 0 Å². The zero-order valence-corrected chi connectivity index (χ0v) is 12.8. The van der Waals surface area contributed by atoms with E-state index in [9.17, 15) is 0 Å². The highest BCUT2D eigenvalue weighted by atomic mass is 15.1. The van der Waals surface area contributed by atoms with Gasteiger partial charge in [-0.2, -0.15) is 0 Å². The maximum Gasteiger partial charge on any atom is 0.0221 e. The van der Waals surface area contributed by atoms with Gasteiger partial charge in [-0.3, -0.25) is 0 Å². The zero-order valence-electron chi connectivity index (χ0n) is 12.8. The molecule has 4 heterocycles. The lowest BCUT2D eigenvalue weighted by atomic mass is 9.92. The molecule has 0 saturated carbocycles. The number of rotatable bonds is 0. The van der Waals surface area contributed by atoms with Gasteiger partial charge in [-0.05, 0) is 77.5 Å². The first-order valence-electron chi connectivity index (χ1n) is 8.87. The second-order valence-corrected chi connectivity index (χ2v) is 6.81. The van der Waals surface area contributed by atoms with Crippen LogP contribution in [-0.4, -0.2) is 50.3 Å². The second kappa shape index (κ2) is 7.74. The molecule has 0 amide bonds. The summed E-state index contributed by atoms with van der Waals surface area (Å²) < 4.78 is 0. The van der Waals surface area contributed by atoms with Gasteiger partial charge in [-0.25, -0.2) is 0 Å². The maximum atomic E-state index is 3.56. The van der Waals surface area contributed by atoms with Crippen molar-refractivity contribution in [2.24, 2.45) is 0 Å². The Morgan fingerprint density at radius 2 is 0.650 bits per heavy atom. The molecule has 4 nitrogen and oxygen atoms in total. The average molecular weight is 280 g/mol. The smallest absolute Gasteiger partial charge is 0.0221 e. The van der Waals surface area contributed by atoms with Gasteiger partial charge >= 0.3 is 0 Å². The molecule has 0 spiro atoms. The monoisotopic (exact) mass is 280 g/mol. The van der Waals surface area contributed by atoms with Crippen LogP contribution in [-0.2, 0) is 0 Å². The minimum Gasteiger partial charge on any atom is -0.312 e. The number of hydrogen-bond donors (Lipinski definition) is 4. The van der Waals surface area contributed by atoms with Gasteiger partial charge in [-0.15, -0.1) is 0 Å². The fourth-order valence-electron chi connectivity index (χ4n) is 4.22. The van der Waals surface area contributed by atoms with E-state index in [-0.39, 0.29) is 0 Å². The molecule has 0 aliphatic carbocycles. The van der Waals surface area contributed by atoms with Gasteiger partial charge in [0, 0.05) is 24.2 Å². The second-order valence-electron chi connectivity index (χ2n) is 6.81. The molecule has 4 heteroatoms. The van der Waals surface area contributed by atoms with Crippen LogP contribution >= 0.6 is 0 Å². The Kier molecular flexibility index (Phi) is 5.71. The van der Waals surface area contributed by atoms with Crippen LogP contribution in [0, 0.1) is 0 Å². The van der Waals surface area contributed by atoms with Crippen molar-refractivity contribution >= 4 is 0 Å². The predicted octanol–water partition coefficient (Wildman–Crippen LogP) is 0.981. The van der Waals surface area contributed by atoms with Crippen molar-refractivity contribution in [3.05, 3.63) is 0 Å². The first-order valence-corrected chi connectivity index (χ1v) is 8.87. The third-order valence-corrected chi connectivity index (χ3v) is 5.37. The highest BCUT2D eigenvalue weighted by Crippen LogP contribution is 2.17. The molecule has 0 aromatic carbocycles. The van der Waals surface area contributed by atoms with Crippen LogP contribution in [0.4, 0.5) is 0 Å². The van der Waals surface area contributed by atoms with E-state index in [4.69, 9.17) is 0 Å². The Morgan fingerprint density at radius 3 is 0.900 bits per heavy atom. The average Bonchev–Trinajstić information content (AvgIpc) is 2.56. The minimum atomic E-state index is 0.794. The lowest BCUT2D eigenvalue weighted by Crippen LogP contribution is -2.54. The van der Waals surface area contributed by atoms with Crippen molar-refractivity contribution in [3.8, 4) is 0 Å². The topological polar surface area (TPSA) is 48.1 Å². The zero-order chi connectivity index (χ0) is 13.6. The molecule has 0 unspecified atom stereocenters. The molecule has 4 saturated heterocycles. The standard InChI is InChI=1S/2C8H16N2/c2*1-3-7-8(9-5-1)4-2-6-10-7/h2*7-10H,1-6H2/t2*7-,8+. The van der Waals surface area contributed by atoms with Gasteiger partial charge in [0.25, 0.3) is 0 Å². The normalized spacial score (nSPS) is 40.8. The van der Waals surface area contributed by atoms with Crippen LogP contribution < -0.4 is 21.3 Å². The van der Waals surface area contributed by atoms with Crippen molar-refractivity contribution < 1.29 is 0 Å². The van der Waals surface area contributed by atoms with Crippen molar-refractivity contribution in [2.75, 3.05) is 26.2 Å². The summed E-state index contributed by atoms with van der Waals surface area (Å²) in [5, 5.41) is 14.2. The van der Waals surface area contributed by atoms with Gasteiger partial charge in [0.2, 0.25) is 0 Å². The van der Waals surface area contributed by atoms with E-state index >= 15 is 0 Å². The van der Waals surface area contributed by atoms with Crippen LogP contribution in [0.1, 0.15) is 51.4 Å². The fourth-order valence-corrected chi connectivity index (χ4v) is 4.22. The highest BCUT2D eigenvalue weighted by Gasteiger charge is 2.27. The van der Waals surface area contributed by atoms with Crippen LogP contribution in [0.5, 0.6) is 0 Å². The molecule has 4 fully saturated rings. The van der Waals surface area contributed by atoms with E-state index in [1.165, 1.54) is 77.5 Å². The molecule has 4 aliphatic heterocycles. The fraction of sp³-hybridized carbons (Fsp3) is 1.00. The summed E-state index contributed by atoms with van der Waals surface area (Å²) in [5.74, 6) is 0.